The minimum absolute atomic E-state index is 0.0482. The third kappa shape index (κ3) is 2.20. The summed E-state index contributed by atoms with van der Waals surface area (Å²) in [6, 6.07) is 4.00. The van der Waals surface area contributed by atoms with Gasteiger partial charge in [0.2, 0.25) is 0 Å². The molecule has 2 rings (SSSR count). The van der Waals surface area contributed by atoms with Crippen LogP contribution in [0, 0.1) is 0 Å². The normalized spacial score (nSPS) is 17.2. The Labute approximate surface area is 100 Å². The zero-order valence-electron chi connectivity index (χ0n) is 9.86. The maximum atomic E-state index is 12.0. The van der Waals surface area contributed by atoms with E-state index in [1.807, 2.05) is 0 Å². The number of aromatic hydroxyl groups is 2. The molecule has 1 saturated carbocycles. The second-order valence-electron chi connectivity index (χ2n) is 4.64. The SMILES string of the molecule is CCC1(NC(=O)c2ccc(O)cc2O)CCC1. The number of amides is 1. The van der Waals surface area contributed by atoms with Crippen LogP contribution in [0.4, 0.5) is 0 Å². The van der Waals surface area contributed by atoms with Gasteiger partial charge in [-0.25, -0.2) is 0 Å². The molecular weight excluding hydrogens is 218 g/mol. The van der Waals surface area contributed by atoms with E-state index in [1.165, 1.54) is 18.2 Å². The molecule has 0 aliphatic heterocycles. The minimum atomic E-state index is -0.274. The van der Waals surface area contributed by atoms with Crippen molar-refractivity contribution < 1.29 is 15.0 Å². The molecule has 0 saturated heterocycles. The number of hydrogen-bond donors (Lipinski definition) is 3. The van der Waals surface area contributed by atoms with Crippen molar-refractivity contribution in [2.75, 3.05) is 0 Å². The van der Waals surface area contributed by atoms with Gasteiger partial charge in [-0.1, -0.05) is 6.92 Å². The Kier molecular flexibility index (Phi) is 2.96. The fourth-order valence-corrected chi connectivity index (χ4v) is 2.19. The van der Waals surface area contributed by atoms with Crippen LogP contribution in [0.25, 0.3) is 0 Å². The van der Waals surface area contributed by atoms with Crippen molar-refractivity contribution in [2.24, 2.45) is 0 Å². The van der Waals surface area contributed by atoms with Crippen molar-refractivity contribution in [3.05, 3.63) is 23.8 Å². The van der Waals surface area contributed by atoms with Crippen molar-refractivity contribution in [1.82, 2.24) is 5.32 Å². The van der Waals surface area contributed by atoms with Gasteiger partial charge in [0.25, 0.3) is 5.91 Å². The zero-order valence-corrected chi connectivity index (χ0v) is 9.86. The van der Waals surface area contributed by atoms with Crippen molar-refractivity contribution >= 4 is 5.91 Å². The van der Waals surface area contributed by atoms with Crippen LogP contribution < -0.4 is 5.32 Å². The molecule has 0 atom stereocenters. The Morgan fingerprint density at radius 1 is 1.41 bits per heavy atom. The third-order valence-corrected chi connectivity index (χ3v) is 3.59. The second-order valence-corrected chi connectivity index (χ2v) is 4.64. The van der Waals surface area contributed by atoms with Gasteiger partial charge in [-0.3, -0.25) is 4.79 Å². The Bertz CT molecular complexity index is 433. The highest BCUT2D eigenvalue weighted by Gasteiger charge is 2.36. The van der Waals surface area contributed by atoms with Crippen LogP contribution in [-0.2, 0) is 0 Å². The first kappa shape index (κ1) is 11.8. The van der Waals surface area contributed by atoms with E-state index in [0.29, 0.717) is 0 Å². The predicted molar refractivity (Wildman–Crippen MR) is 64.1 cm³/mol. The van der Waals surface area contributed by atoms with Gasteiger partial charge in [0.1, 0.15) is 11.5 Å². The van der Waals surface area contributed by atoms with Crippen LogP contribution >= 0.6 is 0 Å². The fraction of sp³-hybridized carbons (Fsp3) is 0.462. The first-order chi connectivity index (χ1) is 8.06. The first-order valence-corrected chi connectivity index (χ1v) is 5.91. The van der Waals surface area contributed by atoms with Gasteiger partial charge in [-0.05, 0) is 37.8 Å². The highest BCUT2D eigenvalue weighted by atomic mass is 16.3. The molecule has 0 radical (unpaired) electrons. The summed E-state index contributed by atoms with van der Waals surface area (Å²) < 4.78 is 0. The predicted octanol–water partition coefficient (Wildman–Crippen LogP) is 2.16. The summed E-state index contributed by atoms with van der Waals surface area (Å²) in [5, 5.41) is 21.7. The average Bonchev–Trinajstić information content (AvgIpc) is 2.23. The van der Waals surface area contributed by atoms with Gasteiger partial charge in [-0.2, -0.15) is 0 Å². The molecule has 3 N–H and O–H groups in total. The molecule has 1 amide bonds. The van der Waals surface area contributed by atoms with Gasteiger partial charge in [-0.15, -0.1) is 0 Å². The number of phenols is 2. The molecule has 1 aliphatic carbocycles. The molecule has 1 aromatic carbocycles. The number of rotatable bonds is 3. The fourth-order valence-electron chi connectivity index (χ4n) is 2.19. The highest BCUT2D eigenvalue weighted by molar-refractivity contribution is 5.97. The molecule has 1 aliphatic rings. The van der Waals surface area contributed by atoms with Crippen molar-refractivity contribution in [3.8, 4) is 11.5 Å². The van der Waals surface area contributed by atoms with Gasteiger partial charge >= 0.3 is 0 Å². The van der Waals surface area contributed by atoms with E-state index in [0.717, 1.165) is 25.7 Å². The van der Waals surface area contributed by atoms with E-state index < -0.39 is 0 Å². The van der Waals surface area contributed by atoms with E-state index >= 15 is 0 Å². The van der Waals surface area contributed by atoms with E-state index in [2.05, 4.69) is 12.2 Å². The van der Waals surface area contributed by atoms with E-state index in [-0.39, 0.29) is 28.5 Å². The zero-order chi connectivity index (χ0) is 12.5. The summed E-state index contributed by atoms with van der Waals surface area (Å²) in [4.78, 5) is 12.0. The van der Waals surface area contributed by atoms with E-state index in [9.17, 15) is 9.90 Å². The second kappa shape index (κ2) is 4.28. The van der Waals surface area contributed by atoms with Crippen LogP contribution in [0.2, 0.25) is 0 Å². The molecule has 17 heavy (non-hydrogen) atoms. The van der Waals surface area contributed by atoms with Crippen molar-refractivity contribution in [3.63, 3.8) is 0 Å². The lowest BCUT2D eigenvalue weighted by molar-refractivity contribution is 0.0818. The maximum Gasteiger partial charge on any atom is 0.255 e. The lowest BCUT2D eigenvalue weighted by Gasteiger charge is -2.42. The molecule has 1 fully saturated rings. The third-order valence-electron chi connectivity index (χ3n) is 3.59. The highest BCUT2D eigenvalue weighted by Crippen LogP contribution is 2.35. The van der Waals surface area contributed by atoms with E-state index in [4.69, 9.17) is 5.11 Å². The average molecular weight is 235 g/mol. The Morgan fingerprint density at radius 2 is 2.12 bits per heavy atom. The molecule has 1 aromatic rings. The van der Waals surface area contributed by atoms with Crippen LogP contribution in [0.15, 0.2) is 18.2 Å². The quantitative estimate of drug-likeness (QED) is 0.752. The molecule has 0 unspecified atom stereocenters. The van der Waals surface area contributed by atoms with Gasteiger partial charge < -0.3 is 15.5 Å². The lowest BCUT2D eigenvalue weighted by Crippen LogP contribution is -2.52. The van der Waals surface area contributed by atoms with E-state index in [1.54, 1.807) is 0 Å². The monoisotopic (exact) mass is 235 g/mol. The summed E-state index contributed by atoms with van der Waals surface area (Å²) in [6.45, 7) is 2.05. The summed E-state index contributed by atoms with van der Waals surface area (Å²) >= 11 is 0. The number of nitrogens with one attached hydrogen (secondary N) is 1. The maximum absolute atomic E-state index is 12.0. The Hall–Kier alpha value is -1.71. The van der Waals surface area contributed by atoms with Crippen molar-refractivity contribution in [1.29, 1.82) is 0 Å². The summed E-state index contributed by atoms with van der Waals surface area (Å²) in [5.74, 6) is -0.509. The van der Waals surface area contributed by atoms with Crippen LogP contribution in [0.3, 0.4) is 0 Å². The van der Waals surface area contributed by atoms with Gasteiger partial charge in [0.15, 0.2) is 0 Å². The van der Waals surface area contributed by atoms with Crippen LogP contribution in [-0.4, -0.2) is 21.7 Å². The molecule has 92 valence electrons. The topological polar surface area (TPSA) is 69.6 Å². The standard InChI is InChI=1S/C13H17NO3/c1-2-13(6-3-7-13)14-12(17)10-5-4-9(15)8-11(10)16/h4-5,8,15-16H,2-3,6-7H2,1H3,(H,14,17). The molecule has 0 heterocycles. The van der Waals surface area contributed by atoms with Gasteiger partial charge in [0, 0.05) is 11.6 Å². The molecule has 0 spiro atoms. The summed E-state index contributed by atoms with van der Waals surface area (Å²) in [5.41, 5.74) is 0.115. The molecule has 4 heteroatoms. The number of benzene rings is 1. The number of hydrogen-bond acceptors (Lipinski definition) is 3. The molecule has 0 bridgehead atoms. The lowest BCUT2D eigenvalue weighted by atomic mass is 9.74. The minimum Gasteiger partial charge on any atom is -0.508 e. The summed E-state index contributed by atoms with van der Waals surface area (Å²) in [7, 11) is 0. The number of phenolic OH excluding ortho intramolecular Hbond substituents is 2. The van der Waals surface area contributed by atoms with Gasteiger partial charge in [0.05, 0.1) is 5.56 Å². The molecule has 0 aromatic heterocycles. The first-order valence-electron chi connectivity index (χ1n) is 5.91. The largest absolute Gasteiger partial charge is 0.508 e. The smallest absolute Gasteiger partial charge is 0.255 e. The van der Waals surface area contributed by atoms with Crippen molar-refractivity contribution in [2.45, 2.75) is 38.1 Å². The number of carbonyl (C=O) groups excluding carboxylic acids is 1. The van der Waals surface area contributed by atoms with Crippen LogP contribution in [0.1, 0.15) is 43.0 Å². The number of carbonyl (C=O) groups is 1. The Morgan fingerprint density at radius 3 is 2.59 bits per heavy atom. The molecular formula is C13H17NO3. The molecule has 4 nitrogen and oxygen atoms in total. The summed E-state index contributed by atoms with van der Waals surface area (Å²) in [6.07, 6.45) is 4.02. The Balaban J connectivity index is 2.14. The van der Waals surface area contributed by atoms with Crippen LogP contribution in [0.5, 0.6) is 11.5 Å².